The molecule has 162 valence electrons. The molecule has 0 bridgehead atoms. The summed E-state index contributed by atoms with van der Waals surface area (Å²) in [6.45, 7) is 1.39. The van der Waals surface area contributed by atoms with Gasteiger partial charge in [-0.2, -0.15) is 0 Å². The number of benzene rings is 2. The van der Waals surface area contributed by atoms with Crippen molar-refractivity contribution in [2.75, 3.05) is 23.4 Å². The van der Waals surface area contributed by atoms with Crippen LogP contribution in [0.2, 0.25) is 10.0 Å². The third-order valence-electron chi connectivity index (χ3n) is 3.99. The molecular weight excluding hydrogens is 481 g/mol. The van der Waals surface area contributed by atoms with Crippen molar-refractivity contribution in [3.8, 4) is 0 Å². The van der Waals surface area contributed by atoms with Gasteiger partial charge in [0.25, 0.3) is 0 Å². The molecule has 2 aromatic carbocycles. The van der Waals surface area contributed by atoms with Crippen LogP contribution in [0.25, 0.3) is 0 Å². The molecule has 31 heavy (non-hydrogen) atoms. The number of carbonyl (C=O) groups excluding carboxylic acids is 2. The SMILES string of the molecule is CC(=O)OCCS(=O)c1ccc(Nc2nc(N)c(C(=O)c3c(Cl)cccc3Cl)s2)cc1. The van der Waals surface area contributed by atoms with Crippen molar-refractivity contribution in [3.63, 3.8) is 0 Å². The number of ketones is 1. The van der Waals surface area contributed by atoms with Crippen LogP contribution >= 0.6 is 34.5 Å². The number of hydrogen-bond acceptors (Lipinski definition) is 8. The molecule has 0 aliphatic carbocycles. The number of ether oxygens (including phenoxy) is 1. The van der Waals surface area contributed by atoms with Crippen LogP contribution in [-0.2, 0) is 20.3 Å². The Balaban J connectivity index is 1.71. The second kappa shape index (κ2) is 10.2. The molecule has 1 aromatic heterocycles. The Morgan fingerprint density at radius 3 is 2.42 bits per heavy atom. The molecule has 3 rings (SSSR count). The molecule has 0 radical (unpaired) electrons. The summed E-state index contributed by atoms with van der Waals surface area (Å²) < 4.78 is 17.0. The second-order valence-corrected chi connectivity index (χ2v) is 9.58. The van der Waals surface area contributed by atoms with E-state index in [-0.39, 0.29) is 38.7 Å². The summed E-state index contributed by atoms with van der Waals surface area (Å²) in [5.41, 5.74) is 6.79. The zero-order valence-corrected chi connectivity index (χ0v) is 19.3. The van der Waals surface area contributed by atoms with Gasteiger partial charge in [0.1, 0.15) is 17.3 Å². The number of nitrogen functional groups attached to an aromatic ring is 1. The van der Waals surface area contributed by atoms with E-state index >= 15 is 0 Å². The van der Waals surface area contributed by atoms with E-state index in [1.54, 1.807) is 42.5 Å². The number of thiazole rings is 1. The third-order valence-corrected chi connectivity index (χ3v) is 6.94. The van der Waals surface area contributed by atoms with Crippen molar-refractivity contribution in [2.24, 2.45) is 0 Å². The van der Waals surface area contributed by atoms with Gasteiger partial charge >= 0.3 is 5.97 Å². The molecular formula is C20H17Cl2N3O4S2. The van der Waals surface area contributed by atoms with Gasteiger partial charge in [0.15, 0.2) is 5.13 Å². The molecule has 1 unspecified atom stereocenters. The normalized spacial score (nSPS) is 11.7. The van der Waals surface area contributed by atoms with Gasteiger partial charge in [-0.1, -0.05) is 40.6 Å². The average molecular weight is 498 g/mol. The number of halogens is 2. The van der Waals surface area contributed by atoms with Crippen LogP contribution in [0.3, 0.4) is 0 Å². The minimum absolute atomic E-state index is 0.0664. The Morgan fingerprint density at radius 1 is 1.16 bits per heavy atom. The lowest BCUT2D eigenvalue weighted by Crippen LogP contribution is -2.09. The van der Waals surface area contributed by atoms with Gasteiger partial charge in [-0.3, -0.25) is 13.8 Å². The first-order chi connectivity index (χ1) is 14.8. The Bertz CT molecular complexity index is 1130. The van der Waals surface area contributed by atoms with Crippen LogP contribution in [0.4, 0.5) is 16.6 Å². The maximum Gasteiger partial charge on any atom is 0.302 e. The number of rotatable bonds is 8. The van der Waals surface area contributed by atoms with Crippen molar-refractivity contribution < 1.29 is 18.5 Å². The highest BCUT2D eigenvalue weighted by atomic mass is 35.5. The lowest BCUT2D eigenvalue weighted by molar-refractivity contribution is -0.140. The maximum atomic E-state index is 12.9. The highest BCUT2D eigenvalue weighted by Crippen LogP contribution is 2.34. The van der Waals surface area contributed by atoms with Crippen molar-refractivity contribution in [2.45, 2.75) is 11.8 Å². The topological polar surface area (TPSA) is 111 Å². The molecule has 3 N–H and O–H groups in total. The van der Waals surface area contributed by atoms with E-state index < -0.39 is 22.6 Å². The van der Waals surface area contributed by atoms with Gasteiger partial charge in [-0.15, -0.1) is 0 Å². The number of hydrogen-bond donors (Lipinski definition) is 2. The molecule has 0 aliphatic rings. The highest BCUT2D eigenvalue weighted by Gasteiger charge is 2.22. The first kappa shape index (κ1) is 23.2. The monoisotopic (exact) mass is 497 g/mol. The molecule has 0 spiro atoms. The first-order valence-electron chi connectivity index (χ1n) is 8.90. The number of nitrogens with two attached hydrogens (primary N) is 1. The molecule has 1 heterocycles. The van der Waals surface area contributed by atoms with Gasteiger partial charge < -0.3 is 15.8 Å². The molecule has 0 saturated heterocycles. The average Bonchev–Trinajstić information content (AvgIpc) is 3.08. The lowest BCUT2D eigenvalue weighted by atomic mass is 10.1. The summed E-state index contributed by atoms with van der Waals surface area (Å²) in [4.78, 5) is 28.7. The molecule has 11 heteroatoms. The zero-order chi connectivity index (χ0) is 22.5. The van der Waals surface area contributed by atoms with Crippen LogP contribution < -0.4 is 11.1 Å². The van der Waals surface area contributed by atoms with Gasteiger partial charge in [-0.25, -0.2) is 4.98 Å². The second-order valence-electron chi connectivity index (χ2n) is 6.20. The molecule has 7 nitrogen and oxygen atoms in total. The molecule has 1 atom stereocenters. The van der Waals surface area contributed by atoms with E-state index in [4.69, 9.17) is 33.7 Å². The fourth-order valence-corrected chi connectivity index (χ4v) is 4.90. The Morgan fingerprint density at radius 2 is 1.81 bits per heavy atom. The van der Waals surface area contributed by atoms with Crippen LogP contribution in [0.15, 0.2) is 47.4 Å². The number of nitrogens with one attached hydrogen (secondary N) is 1. The molecule has 0 fully saturated rings. The lowest BCUT2D eigenvalue weighted by Gasteiger charge is -2.06. The molecule has 3 aromatic rings. The van der Waals surface area contributed by atoms with Gasteiger partial charge in [0, 0.05) is 17.5 Å². The van der Waals surface area contributed by atoms with E-state index in [1.807, 2.05) is 0 Å². The predicted octanol–water partition coefficient (Wildman–Crippen LogP) is 4.68. The fourth-order valence-electron chi connectivity index (χ4n) is 2.57. The van der Waals surface area contributed by atoms with Crippen molar-refractivity contribution >= 4 is 73.7 Å². The number of esters is 1. The van der Waals surface area contributed by atoms with Gasteiger partial charge in [0.05, 0.1) is 32.2 Å². The van der Waals surface area contributed by atoms with E-state index in [1.165, 1.54) is 6.92 Å². The zero-order valence-electron chi connectivity index (χ0n) is 16.2. The predicted molar refractivity (Wildman–Crippen MR) is 124 cm³/mol. The third kappa shape index (κ3) is 5.82. The maximum absolute atomic E-state index is 12.9. The largest absolute Gasteiger partial charge is 0.465 e. The number of carbonyl (C=O) groups is 2. The molecule has 0 aliphatic heterocycles. The summed E-state index contributed by atoms with van der Waals surface area (Å²) >= 11 is 13.3. The quantitative estimate of drug-likeness (QED) is 0.343. The number of aromatic nitrogens is 1. The fraction of sp³-hybridized carbons (Fsp3) is 0.150. The highest BCUT2D eigenvalue weighted by molar-refractivity contribution is 7.85. The number of nitrogens with zero attached hydrogens (tertiary/aromatic N) is 1. The summed E-state index contributed by atoms with van der Waals surface area (Å²) in [5.74, 6) is -0.534. The smallest absolute Gasteiger partial charge is 0.302 e. The van der Waals surface area contributed by atoms with Crippen LogP contribution in [0.1, 0.15) is 22.2 Å². The standard InChI is InChI=1S/C20H17Cl2N3O4S2/c1-11(26)29-9-10-31(28)13-7-5-12(6-8-13)24-20-25-19(23)18(30-20)17(27)16-14(21)3-2-4-15(16)22/h2-8H,9-10,23H2,1H3,(H,24,25). The van der Waals surface area contributed by atoms with Gasteiger partial charge in [-0.05, 0) is 36.4 Å². The van der Waals surface area contributed by atoms with Crippen LogP contribution in [0.5, 0.6) is 0 Å². The minimum atomic E-state index is -1.29. The van der Waals surface area contributed by atoms with E-state index in [2.05, 4.69) is 10.3 Å². The summed E-state index contributed by atoms with van der Waals surface area (Å²) in [5, 5.41) is 3.94. The number of anilines is 3. The van der Waals surface area contributed by atoms with Gasteiger partial charge in [0.2, 0.25) is 5.78 Å². The van der Waals surface area contributed by atoms with Crippen molar-refractivity contribution in [1.29, 1.82) is 0 Å². The van der Waals surface area contributed by atoms with Crippen molar-refractivity contribution in [3.05, 3.63) is 63.0 Å². The first-order valence-corrected chi connectivity index (χ1v) is 11.8. The van der Waals surface area contributed by atoms with E-state index in [0.717, 1.165) is 11.3 Å². The summed E-state index contributed by atoms with van der Waals surface area (Å²) in [7, 11) is -1.29. The van der Waals surface area contributed by atoms with E-state index in [9.17, 15) is 13.8 Å². The Hall–Kier alpha value is -2.46. The van der Waals surface area contributed by atoms with Crippen LogP contribution in [0, 0.1) is 0 Å². The minimum Gasteiger partial charge on any atom is -0.465 e. The van der Waals surface area contributed by atoms with E-state index in [0.29, 0.717) is 15.7 Å². The Kier molecular flexibility index (Phi) is 7.66. The summed E-state index contributed by atoms with van der Waals surface area (Å²) in [6, 6.07) is 11.6. The molecule has 0 amide bonds. The summed E-state index contributed by atoms with van der Waals surface area (Å²) in [6.07, 6.45) is 0. The molecule has 0 saturated carbocycles. The van der Waals surface area contributed by atoms with Crippen LogP contribution in [-0.4, -0.2) is 33.3 Å². The van der Waals surface area contributed by atoms with Crippen molar-refractivity contribution in [1.82, 2.24) is 4.98 Å². The Labute approximate surface area is 195 Å².